The van der Waals surface area contributed by atoms with Gasteiger partial charge in [0.2, 0.25) is 0 Å². The highest BCUT2D eigenvalue weighted by atomic mass is 14.1. The molecule has 10 rings (SSSR count). The molecule has 0 saturated heterocycles. The molecular formula is C46H28. The van der Waals surface area contributed by atoms with Crippen LogP contribution in [-0.4, -0.2) is 0 Å². The fourth-order valence-electron chi connectivity index (χ4n) is 7.61. The predicted octanol–water partition coefficient (Wildman–Crippen LogP) is 13.1. The Morgan fingerprint density at radius 1 is 0.174 bits per heavy atom. The third kappa shape index (κ3) is 3.87. The number of rotatable bonds is 2. The minimum Gasteiger partial charge on any atom is -0.0616 e. The van der Waals surface area contributed by atoms with Crippen molar-refractivity contribution >= 4 is 75.4 Å². The SMILES string of the molecule is c1ccc2c(c1)ccc1cc(-c3ccc4ccc5cc(-c6ccc7ccc8c9ccccc9ccc8c7c6)ccc5c4c3)ccc12. The summed E-state index contributed by atoms with van der Waals surface area (Å²) in [7, 11) is 0. The van der Waals surface area contributed by atoms with E-state index in [1.54, 1.807) is 0 Å². The number of hydrogen-bond acceptors (Lipinski definition) is 0. The van der Waals surface area contributed by atoms with E-state index in [1.165, 1.54) is 97.7 Å². The van der Waals surface area contributed by atoms with Gasteiger partial charge in [0, 0.05) is 0 Å². The van der Waals surface area contributed by atoms with Crippen LogP contribution in [0.1, 0.15) is 0 Å². The quantitative estimate of drug-likeness (QED) is 0.178. The minimum absolute atomic E-state index is 1.24. The molecule has 0 heterocycles. The van der Waals surface area contributed by atoms with E-state index >= 15 is 0 Å². The molecule has 0 aromatic heterocycles. The third-order valence-electron chi connectivity index (χ3n) is 9.99. The molecule has 0 fully saturated rings. The summed E-state index contributed by atoms with van der Waals surface area (Å²) in [6, 6.07) is 63.0. The van der Waals surface area contributed by atoms with Gasteiger partial charge in [0.15, 0.2) is 0 Å². The summed E-state index contributed by atoms with van der Waals surface area (Å²) >= 11 is 0. The maximum Gasteiger partial charge on any atom is -0.00987 e. The van der Waals surface area contributed by atoms with Crippen LogP contribution in [0.2, 0.25) is 0 Å². The maximum atomic E-state index is 2.37. The van der Waals surface area contributed by atoms with Crippen LogP contribution in [0.15, 0.2) is 170 Å². The standard InChI is InChI=1S/C46H28/c1-3-7-39-29(5-1)11-15-37-25-33(19-21-41(37)39)35-13-9-31-12-16-38-26-34(20-22-42(38)45(31)27-35)36-14-10-32-18-23-43-40-8-4-2-6-30(40)17-24-44(43)46(32)28-36/h1-28H. The van der Waals surface area contributed by atoms with Gasteiger partial charge in [-0.05, 0) is 122 Å². The molecule has 0 aliphatic carbocycles. The molecule has 0 unspecified atom stereocenters. The van der Waals surface area contributed by atoms with Crippen LogP contribution in [0, 0.1) is 0 Å². The highest BCUT2D eigenvalue weighted by molar-refractivity contribution is 6.18. The zero-order valence-corrected chi connectivity index (χ0v) is 25.2. The molecule has 0 saturated carbocycles. The van der Waals surface area contributed by atoms with E-state index in [0.717, 1.165) is 0 Å². The molecule has 0 N–H and O–H groups in total. The van der Waals surface area contributed by atoms with Crippen molar-refractivity contribution in [2.24, 2.45) is 0 Å². The molecule has 46 heavy (non-hydrogen) atoms. The fourth-order valence-corrected chi connectivity index (χ4v) is 7.61. The Hall–Kier alpha value is -5.98. The fraction of sp³-hybridized carbons (Fsp3) is 0. The summed E-state index contributed by atoms with van der Waals surface area (Å²) in [6.45, 7) is 0. The lowest BCUT2D eigenvalue weighted by Crippen LogP contribution is -1.85. The van der Waals surface area contributed by atoms with E-state index in [4.69, 9.17) is 0 Å². The predicted molar refractivity (Wildman–Crippen MR) is 200 cm³/mol. The summed E-state index contributed by atoms with van der Waals surface area (Å²) in [6.07, 6.45) is 0. The van der Waals surface area contributed by atoms with E-state index in [1.807, 2.05) is 0 Å². The van der Waals surface area contributed by atoms with E-state index in [0.29, 0.717) is 0 Å². The molecule has 0 nitrogen and oxygen atoms in total. The van der Waals surface area contributed by atoms with Gasteiger partial charge in [-0.2, -0.15) is 0 Å². The molecule has 0 radical (unpaired) electrons. The van der Waals surface area contributed by atoms with Gasteiger partial charge in [-0.3, -0.25) is 0 Å². The van der Waals surface area contributed by atoms with Gasteiger partial charge < -0.3 is 0 Å². The summed E-state index contributed by atoms with van der Waals surface area (Å²) in [5, 5.41) is 18.0. The zero-order chi connectivity index (χ0) is 30.2. The average Bonchev–Trinajstić information content (AvgIpc) is 3.13. The lowest BCUT2D eigenvalue weighted by molar-refractivity contribution is 1.68. The molecule has 10 aromatic carbocycles. The maximum absolute atomic E-state index is 2.37. The second kappa shape index (κ2) is 9.76. The second-order valence-electron chi connectivity index (χ2n) is 12.5. The van der Waals surface area contributed by atoms with Gasteiger partial charge >= 0.3 is 0 Å². The first-order chi connectivity index (χ1) is 22.8. The first-order valence-corrected chi connectivity index (χ1v) is 16.0. The lowest BCUT2D eigenvalue weighted by atomic mass is 9.92. The van der Waals surface area contributed by atoms with Crippen LogP contribution >= 0.6 is 0 Å². The van der Waals surface area contributed by atoms with Gasteiger partial charge in [-0.25, -0.2) is 0 Å². The van der Waals surface area contributed by atoms with Crippen molar-refractivity contribution < 1.29 is 0 Å². The Balaban J connectivity index is 1.09. The van der Waals surface area contributed by atoms with E-state index in [9.17, 15) is 0 Å². The van der Waals surface area contributed by atoms with Gasteiger partial charge in [-0.1, -0.05) is 146 Å². The molecule has 0 bridgehead atoms. The van der Waals surface area contributed by atoms with E-state index in [-0.39, 0.29) is 0 Å². The number of fused-ring (bicyclic) bond motifs is 11. The second-order valence-corrected chi connectivity index (χ2v) is 12.5. The smallest absolute Gasteiger partial charge is 0.00987 e. The van der Waals surface area contributed by atoms with E-state index in [2.05, 4.69) is 170 Å². The molecule has 0 amide bonds. The Kier molecular flexibility index (Phi) is 5.38. The summed E-state index contributed by atoms with van der Waals surface area (Å²) in [4.78, 5) is 0. The van der Waals surface area contributed by atoms with Crippen LogP contribution < -0.4 is 0 Å². The molecule has 0 aliphatic rings. The Bertz CT molecular complexity index is 2850. The van der Waals surface area contributed by atoms with Crippen LogP contribution in [0.4, 0.5) is 0 Å². The van der Waals surface area contributed by atoms with Crippen molar-refractivity contribution in [1.29, 1.82) is 0 Å². The molecule has 0 aliphatic heterocycles. The summed E-state index contributed by atoms with van der Waals surface area (Å²) < 4.78 is 0. The van der Waals surface area contributed by atoms with Gasteiger partial charge in [-0.15, -0.1) is 0 Å². The first-order valence-electron chi connectivity index (χ1n) is 16.0. The number of hydrogen-bond donors (Lipinski definition) is 0. The summed E-state index contributed by atoms with van der Waals surface area (Å²) in [5.41, 5.74) is 4.97. The van der Waals surface area contributed by atoms with Crippen LogP contribution in [0.3, 0.4) is 0 Å². The van der Waals surface area contributed by atoms with Crippen LogP contribution in [0.25, 0.3) is 97.7 Å². The van der Waals surface area contributed by atoms with Crippen molar-refractivity contribution in [2.45, 2.75) is 0 Å². The van der Waals surface area contributed by atoms with Crippen LogP contribution in [-0.2, 0) is 0 Å². The van der Waals surface area contributed by atoms with Gasteiger partial charge in [0.1, 0.15) is 0 Å². The largest absolute Gasteiger partial charge is 0.0616 e. The van der Waals surface area contributed by atoms with Crippen molar-refractivity contribution in [3.63, 3.8) is 0 Å². The van der Waals surface area contributed by atoms with Crippen molar-refractivity contribution in [3.8, 4) is 22.3 Å². The topological polar surface area (TPSA) is 0 Å². The van der Waals surface area contributed by atoms with Gasteiger partial charge in [0.25, 0.3) is 0 Å². The molecule has 0 atom stereocenters. The lowest BCUT2D eigenvalue weighted by Gasteiger charge is -2.12. The normalized spacial score (nSPS) is 11.9. The molecule has 0 spiro atoms. The van der Waals surface area contributed by atoms with Gasteiger partial charge in [0.05, 0.1) is 0 Å². The molecule has 10 aromatic rings. The molecule has 212 valence electrons. The molecular weight excluding hydrogens is 553 g/mol. The molecule has 0 heteroatoms. The highest BCUT2D eigenvalue weighted by Gasteiger charge is 2.10. The number of benzene rings is 10. The minimum atomic E-state index is 1.24. The van der Waals surface area contributed by atoms with Crippen molar-refractivity contribution in [2.75, 3.05) is 0 Å². The Morgan fingerprint density at radius 2 is 0.478 bits per heavy atom. The summed E-state index contributed by atoms with van der Waals surface area (Å²) in [5.74, 6) is 0. The zero-order valence-electron chi connectivity index (χ0n) is 25.2. The van der Waals surface area contributed by atoms with Crippen molar-refractivity contribution in [3.05, 3.63) is 170 Å². The monoisotopic (exact) mass is 580 g/mol. The van der Waals surface area contributed by atoms with Crippen LogP contribution in [0.5, 0.6) is 0 Å². The van der Waals surface area contributed by atoms with E-state index < -0.39 is 0 Å². The Labute approximate surface area is 266 Å². The first kappa shape index (κ1) is 25.4. The van der Waals surface area contributed by atoms with Crippen molar-refractivity contribution in [1.82, 2.24) is 0 Å². The average molecular weight is 581 g/mol. The third-order valence-corrected chi connectivity index (χ3v) is 9.99. The Morgan fingerprint density at radius 3 is 1.07 bits per heavy atom. The highest BCUT2D eigenvalue weighted by Crippen LogP contribution is 2.37.